The summed E-state index contributed by atoms with van der Waals surface area (Å²) in [6.07, 6.45) is 0.956. The third kappa shape index (κ3) is 5.22. The van der Waals surface area contributed by atoms with E-state index in [-0.39, 0.29) is 4.90 Å². The first-order chi connectivity index (χ1) is 11.0. The van der Waals surface area contributed by atoms with Crippen molar-refractivity contribution in [3.63, 3.8) is 0 Å². The van der Waals surface area contributed by atoms with Gasteiger partial charge in [-0.05, 0) is 49.0 Å². The van der Waals surface area contributed by atoms with E-state index in [2.05, 4.69) is 15.4 Å². The lowest BCUT2D eigenvalue weighted by molar-refractivity contribution is 0.601. The zero-order valence-electron chi connectivity index (χ0n) is 12.7. The SMILES string of the molecule is CCCNC(=S)Nc1cccc(S(=O)(=O)Nc2ccccc2)c1. The van der Waals surface area contributed by atoms with Crippen molar-refractivity contribution in [3.8, 4) is 0 Å². The molecule has 0 spiro atoms. The molecule has 0 aliphatic carbocycles. The molecule has 0 heterocycles. The monoisotopic (exact) mass is 349 g/mol. The van der Waals surface area contributed by atoms with E-state index in [0.29, 0.717) is 16.5 Å². The highest BCUT2D eigenvalue weighted by molar-refractivity contribution is 7.92. The van der Waals surface area contributed by atoms with E-state index in [1.165, 1.54) is 0 Å². The van der Waals surface area contributed by atoms with Crippen molar-refractivity contribution in [2.24, 2.45) is 0 Å². The lowest BCUT2D eigenvalue weighted by atomic mass is 10.3. The van der Waals surface area contributed by atoms with Gasteiger partial charge < -0.3 is 10.6 Å². The van der Waals surface area contributed by atoms with Crippen LogP contribution >= 0.6 is 12.2 Å². The number of hydrogen-bond donors (Lipinski definition) is 3. The molecule has 0 unspecified atom stereocenters. The van der Waals surface area contributed by atoms with E-state index in [0.717, 1.165) is 13.0 Å². The van der Waals surface area contributed by atoms with Crippen molar-refractivity contribution >= 4 is 38.7 Å². The van der Waals surface area contributed by atoms with Gasteiger partial charge in [0.25, 0.3) is 10.0 Å². The summed E-state index contributed by atoms with van der Waals surface area (Å²) in [7, 11) is -3.64. The van der Waals surface area contributed by atoms with Crippen LogP contribution in [0.3, 0.4) is 0 Å². The molecule has 2 rings (SSSR count). The molecule has 2 aromatic rings. The van der Waals surface area contributed by atoms with Gasteiger partial charge in [-0.1, -0.05) is 31.2 Å². The van der Waals surface area contributed by atoms with Crippen LogP contribution in [-0.4, -0.2) is 20.1 Å². The molecule has 7 heteroatoms. The van der Waals surface area contributed by atoms with Gasteiger partial charge in [-0.3, -0.25) is 4.72 Å². The summed E-state index contributed by atoms with van der Waals surface area (Å²) in [4.78, 5) is 0.171. The van der Waals surface area contributed by atoms with E-state index < -0.39 is 10.0 Å². The lowest BCUT2D eigenvalue weighted by Gasteiger charge is -2.12. The smallest absolute Gasteiger partial charge is 0.261 e. The molecule has 0 aliphatic heterocycles. The van der Waals surface area contributed by atoms with Gasteiger partial charge in [0.2, 0.25) is 0 Å². The van der Waals surface area contributed by atoms with Crippen LogP contribution in [0, 0.1) is 0 Å². The second-order valence-electron chi connectivity index (χ2n) is 4.88. The molecule has 0 saturated carbocycles. The normalized spacial score (nSPS) is 10.8. The number of rotatable bonds is 6. The molecule has 0 aromatic heterocycles. The first-order valence-electron chi connectivity index (χ1n) is 7.24. The van der Waals surface area contributed by atoms with E-state index >= 15 is 0 Å². The second-order valence-corrected chi connectivity index (χ2v) is 6.97. The summed E-state index contributed by atoms with van der Waals surface area (Å²) in [5.41, 5.74) is 1.14. The Bertz CT molecular complexity index is 762. The molecule has 0 aliphatic rings. The summed E-state index contributed by atoms with van der Waals surface area (Å²) in [5.74, 6) is 0. The molecule has 5 nitrogen and oxygen atoms in total. The zero-order chi connectivity index (χ0) is 16.7. The summed E-state index contributed by atoms with van der Waals surface area (Å²) in [6.45, 7) is 2.80. The predicted octanol–water partition coefficient (Wildman–Crippen LogP) is 3.18. The standard InChI is InChI=1S/C16H19N3O2S2/c1-2-11-17-16(22)18-14-9-6-10-15(12-14)23(20,21)19-13-7-4-3-5-8-13/h3-10,12,19H,2,11H2,1H3,(H2,17,18,22). The fourth-order valence-corrected chi connectivity index (χ4v) is 3.20. The fourth-order valence-electron chi connectivity index (χ4n) is 1.88. The van der Waals surface area contributed by atoms with Crippen LogP contribution in [0.5, 0.6) is 0 Å². The fraction of sp³-hybridized carbons (Fsp3) is 0.188. The highest BCUT2D eigenvalue weighted by Crippen LogP contribution is 2.19. The van der Waals surface area contributed by atoms with Crippen LogP contribution in [0.25, 0.3) is 0 Å². The van der Waals surface area contributed by atoms with Crippen molar-refractivity contribution < 1.29 is 8.42 Å². The van der Waals surface area contributed by atoms with Crippen LogP contribution in [-0.2, 0) is 10.0 Å². The third-order valence-corrected chi connectivity index (χ3v) is 4.59. The van der Waals surface area contributed by atoms with Gasteiger partial charge in [-0.2, -0.15) is 0 Å². The molecule has 0 radical (unpaired) electrons. The molecule has 0 fully saturated rings. The number of benzene rings is 2. The highest BCUT2D eigenvalue weighted by Gasteiger charge is 2.14. The highest BCUT2D eigenvalue weighted by atomic mass is 32.2. The Morgan fingerprint density at radius 3 is 2.43 bits per heavy atom. The van der Waals surface area contributed by atoms with Gasteiger partial charge in [-0.25, -0.2) is 8.42 Å². The maximum atomic E-state index is 12.4. The predicted molar refractivity (Wildman–Crippen MR) is 98.2 cm³/mol. The van der Waals surface area contributed by atoms with Crippen LogP contribution < -0.4 is 15.4 Å². The second kappa shape index (κ2) is 7.94. The molecule has 2 aromatic carbocycles. The average Bonchev–Trinajstić information content (AvgIpc) is 2.54. The molecule has 122 valence electrons. The Morgan fingerprint density at radius 2 is 1.74 bits per heavy atom. The summed E-state index contributed by atoms with van der Waals surface area (Å²) in [6, 6.07) is 15.3. The van der Waals surface area contributed by atoms with E-state index in [1.807, 2.05) is 13.0 Å². The first-order valence-corrected chi connectivity index (χ1v) is 9.13. The van der Waals surface area contributed by atoms with Gasteiger partial charge in [0, 0.05) is 17.9 Å². The van der Waals surface area contributed by atoms with Crippen molar-refractivity contribution in [2.75, 3.05) is 16.6 Å². The van der Waals surface area contributed by atoms with E-state index in [1.54, 1.807) is 48.5 Å². The Labute approximate surface area is 142 Å². The van der Waals surface area contributed by atoms with Crippen molar-refractivity contribution in [1.29, 1.82) is 0 Å². The Hall–Kier alpha value is -2.12. The first kappa shape index (κ1) is 17.2. The summed E-state index contributed by atoms with van der Waals surface area (Å²) >= 11 is 5.16. The molecule has 0 atom stereocenters. The minimum absolute atomic E-state index is 0.171. The maximum Gasteiger partial charge on any atom is 0.261 e. The number of nitrogens with one attached hydrogen (secondary N) is 3. The third-order valence-electron chi connectivity index (χ3n) is 2.96. The molecular weight excluding hydrogens is 330 g/mol. The number of hydrogen-bond acceptors (Lipinski definition) is 3. The quantitative estimate of drug-likeness (QED) is 0.699. The molecule has 23 heavy (non-hydrogen) atoms. The Kier molecular flexibility index (Phi) is 5.95. The van der Waals surface area contributed by atoms with Gasteiger partial charge >= 0.3 is 0 Å². The number of para-hydroxylation sites is 1. The minimum Gasteiger partial charge on any atom is -0.362 e. The number of sulfonamides is 1. The van der Waals surface area contributed by atoms with Crippen molar-refractivity contribution in [2.45, 2.75) is 18.2 Å². The van der Waals surface area contributed by atoms with Crippen LogP contribution in [0.2, 0.25) is 0 Å². The molecule has 0 bridgehead atoms. The van der Waals surface area contributed by atoms with Crippen molar-refractivity contribution in [3.05, 3.63) is 54.6 Å². The molecule has 3 N–H and O–H groups in total. The Balaban J connectivity index is 2.13. The summed E-state index contributed by atoms with van der Waals surface area (Å²) < 4.78 is 27.4. The molecule has 0 saturated heterocycles. The van der Waals surface area contributed by atoms with E-state index in [4.69, 9.17) is 12.2 Å². The summed E-state index contributed by atoms with van der Waals surface area (Å²) in [5, 5.41) is 6.49. The topological polar surface area (TPSA) is 70.2 Å². The van der Waals surface area contributed by atoms with Crippen molar-refractivity contribution in [1.82, 2.24) is 5.32 Å². The largest absolute Gasteiger partial charge is 0.362 e. The number of thiocarbonyl (C=S) groups is 1. The van der Waals surface area contributed by atoms with E-state index in [9.17, 15) is 8.42 Å². The minimum atomic E-state index is -3.64. The van der Waals surface area contributed by atoms with Gasteiger partial charge in [0.1, 0.15) is 0 Å². The average molecular weight is 349 g/mol. The van der Waals surface area contributed by atoms with Crippen LogP contribution in [0.1, 0.15) is 13.3 Å². The molecule has 0 amide bonds. The number of anilines is 2. The maximum absolute atomic E-state index is 12.4. The van der Waals surface area contributed by atoms with Gasteiger partial charge in [-0.15, -0.1) is 0 Å². The van der Waals surface area contributed by atoms with Gasteiger partial charge in [0.15, 0.2) is 5.11 Å². The van der Waals surface area contributed by atoms with Crippen LogP contribution in [0.15, 0.2) is 59.5 Å². The van der Waals surface area contributed by atoms with Gasteiger partial charge in [0.05, 0.1) is 4.90 Å². The zero-order valence-corrected chi connectivity index (χ0v) is 14.4. The Morgan fingerprint density at radius 1 is 1.04 bits per heavy atom. The molecular formula is C16H19N3O2S2. The van der Waals surface area contributed by atoms with Crippen LogP contribution in [0.4, 0.5) is 11.4 Å². The lowest BCUT2D eigenvalue weighted by Crippen LogP contribution is -2.29.